The molecule has 3 aromatic rings. The summed E-state index contributed by atoms with van der Waals surface area (Å²) in [6.07, 6.45) is 1.64. The van der Waals surface area contributed by atoms with E-state index in [4.69, 9.17) is 5.73 Å². The molecule has 2 heterocycles. The number of rotatable bonds is 2. The third-order valence-electron chi connectivity index (χ3n) is 2.67. The molecule has 88 valence electrons. The zero-order chi connectivity index (χ0) is 12.5. The Balaban J connectivity index is 2.38. The highest BCUT2D eigenvalue weighted by atomic mass is 16.1. The van der Waals surface area contributed by atoms with Crippen LogP contribution >= 0.6 is 0 Å². The lowest BCUT2D eigenvalue weighted by Crippen LogP contribution is -2.13. The van der Waals surface area contributed by atoms with Gasteiger partial charge in [-0.05, 0) is 12.1 Å². The minimum Gasteiger partial charge on any atom is -0.364 e. The summed E-state index contributed by atoms with van der Waals surface area (Å²) in [6, 6.07) is 13.0. The molecule has 3 rings (SSSR count). The number of hydrogen-bond donors (Lipinski definition) is 1. The molecule has 0 spiro atoms. The Hall–Kier alpha value is -2.69. The third kappa shape index (κ3) is 1.53. The van der Waals surface area contributed by atoms with E-state index in [9.17, 15) is 4.79 Å². The third-order valence-corrected chi connectivity index (χ3v) is 2.67. The van der Waals surface area contributed by atoms with Crippen LogP contribution in [0, 0.1) is 0 Å². The van der Waals surface area contributed by atoms with Crippen molar-refractivity contribution >= 4 is 11.6 Å². The second-order valence-corrected chi connectivity index (χ2v) is 3.83. The quantitative estimate of drug-likeness (QED) is 0.735. The van der Waals surface area contributed by atoms with Crippen LogP contribution in [0.1, 0.15) is 10.5 Å². The van der Waals surface area contributed by atoms with E-state index < -0.39 is 5.91 Å². The van der Waals surface area contributed by atoms with Crippen molar-refractivity contribution in [3.63, 3.8) is 0 Å². The number of carbonyl (C=O) groups excluding carboxylic acids is 1. The monoisotopic (exact) mass is 238 g/mol. The van der Waals surface area contributed by atoms with Crippen molar-refractivity contribution in [2.45, 2.75) is 0 Å². The first-order valence-electron chi connectivity index (χ1n) is 5.46. The Kier molecular flexibility index (Phi) is 2.30. The standard InChI is InChI=1S/C13H10N4O/c14-13(18)11-12(9-5-2-1-3-6-9)17-10(16-11)7-4-8-15-17/h1-8H,(H2,14,18). The molecule has 0 bridgehead atoms. The Labute approximate surface area is 103 Å². The predicted molar refractivity (Wildman–Crippen MR) is 66.9 cm³/mol. The summed E-state index contributed by atoms with van der Waals surface area (Å²) in [5, 5.41) is 4.21. The van der Waals surface area contributed by atoms with E-state index in [1.54, 1.807) is 22.8 Å². The largest absolute Gasteiger partial charge is 0.364 e. The molecule has 0 radical (unpaired) electrons. The lowest BCUT2D eigenvalue weighted by atomic mass is 10.1. The van der Waals surface area contributed by atoms with Crippen LogP contribution in [0.2, 0.25) is 0 Å². The maximum Gasteiger partial charge on any atom is 0.269 e. The molecular weight excluding hydrogens is 228 g/mol. The second-order valence-electron chi connectivity index (χ2n) is 3.83. The fourth-order valence-electron chi connectivity index (χ4n) is 1.92. The summed E-state index contributed by atoms with van der Waals surface area (Å²) in [5.41, 5.74) is 7.69. The SMILES string of the molecule is NC(=O)c1nc2cccnn2c1-c1ccccc1. The highest BCUT2D eigenvalue weighted by Crippen LogP contribution is 2.23. The van der Waals surface area contributed by atoms with Gasteiger partial charge in [0.05, 0.1) is 0 Å². The van der Waals surface area contributed by atoms with Gasteiger partial charge in [-0.25, -0.2) is 9.50 Å². The first kappa shape index (κ1) is 10.5. The minimum atomic E-state index is -0.556. The molecule has 1 aromatic carbocycles. The molecule has 5 nitrogen and oxygen atoms in total. The summed E-state index contributed by atoms with van der Waals surface area (Å²) in [7, 11) is 0. The van der Waals surface area contributed by atoms with Crippen LogP contribution in [-0.2, 0) is 0 Å². The van der Waals surface area contributed by atoms with Crippen LogP contribution in [0.25, 0.3) is 16.9 Å². The summed E-state index contributed by atoms with van der Waals surface area (Å²) in [6.45, 7) is 0. The molecule has 0 saturated heterocycles. The molecule has 2 aromatic heterocycles. The number of nitrogens with zero attached hydrogens (tertiary/aromatic N) is 3. The zero-order valence-corrected chi connectivity index (χ0v) is 9.45. The average Bonchev–Trinajstić information content (AvgIpc) is 2.79. The number of nitrogens with two attached hydrogens (primary N) is 1. The van der Waals surface area contributed by atoms with Crippen molar-refractivity contribution < 1.29 is 4.79 Å². The van der Waals surface area contributed by atoms with Gasteiger partial charge in [-0.3, -0.25) is 4.79 Å². The predicted octanol–water partition coefficient (Wildman–Crippen LogP) is 1.50. The van der Waals surface area contributed by atoms with Crippen LogP contribution < -0.4 is 5.73 Å². The van der Waals surface area contributed by atoms with Gasteiger partial charge in [0.25, 0.3) is 5.91 Å². The molecule has 0 aliphatic rings. The number of aromatic nitrogens is 3. The van der Waals surface area contributed by atoms with Gasteiger partial charge < -0.3 is 5.73 Å². The summed E-state index contributed by atoms with van der Waals surface area (Å²) >= 11 is 0. The Morgan fingerprint density at radius 2 is 1.89 bits per heavy atom. The molecule has 0 saturated carbocycles. The van der Waals surface area contributed by atoms with Crippen LogP contribution in [0.15, 0.2) is 48.7 Å². The number of imidazole rings is 1. The molecule has 0 atom stereocenters. The minimum absolute atomic E-state index is 0.236. The van der Waals surface area contributed by atoms with Gasteiger partial charge in [0.1, 0.15) is 5.69 Å². The highest BCUT2D eigenvalue weighted by molar-refractivity contribution is 5.98. The van der Waals surface area contributed by atoms with Gasteiger partial charge in [-0.2, -0.15) is 5.10 Å². The van der Waals surface area contributed by atoms with Gasteiger partial charge >= 0.3 is 0 Å². The number of hydrogen-bond acceptors (Lipinski definition) is 3. The van der Waals surface area contributed by atoms with Gasteiger partial charge in [-0.1, -0.05) is 30.3 Å². The normalized spacial score (nSPS) is 10.7. The molecule has 0 aliphatic carbocycles. The smallest absolute Gasteiger partial charge is 0.269 e. The van der Waals surface area contributed by atoms with E-state index in [0.29, 0.717) is 11.3 Å². The fraction of sp³-hybridized carbons (Fsp3) is 0. The van der Waals surface area contributed by atoms with Crippen molar-refractivity contribution in [2.24, 2.45) is 5.73 Å². The number of primary amides is 1. The van der Waals surface area contributed by atoms with Crippen LogP contribution in [-0.4, -0.2) is 20.5 Å². The van der Waals surface area contributed by atoms with E-state index in [-0.39, 0.29) is 5.69 Å². The molecular formula is C13H10N4O. The van der Waals surface area contributed by atoms with Crippen molar-refractivity contribution in [1.29, 1.82) is 0 Å². The molecule has 0 aliphatic heterocycles. The summed E-state index contributed by atoms with van der Waals surface area (Å²) < 4.78 is 1.62. The van der Waals surface area contributed by atoms with Crippen LogP contribution in [0.4, 0.5) is 0 Å². The van der Waals surface area contributed by atoms with Gasteiger partial charge in [0.15, 0.2) is 11.3 Å². The van der Waals surface area contributed by atoms with E-state index >= 15 is 0 Å². The lowest BCUT2D eigenvalue weighted by molar-refractivity contribution is 0.0997. The van der Waals surface area contributed by atoms with Crippen molar-refractivity contribution in [2.75, 3.05) is 0 Å². The number of amides is 1. The van der Waals surface area contributed by atoms with Gasteiger partial charge in [0, 0.05) is 11.8 Å². The molecule has 0 unspecified atom stereocenters. The summed E-state index contributed by atoms with van der Waals surface area (Å²) in [5.74, 6) is -0.556. The van der Waals surface area contributed by atoms with Crippen molar-refractivity contribution in [1.82, 2.24) is 14.6 Å². The van der Waals surface area contributed by atoms with E-state index in [0.717, 1.165) is 5.56 Å². The molecule has 5 heteroatoms. The maximum atomic E-state index is 11.5. The van der Waals surface area contributed by atoms with Crippen LogP contribution in [0.5, 0.6) is 0 Å². The number of carbonyl (C=O) groups is 1. The first-order chi connectivity index (χ1) is 8.77. The second kappa shape index (κ2) is 3.96. The number of fused-ring (bicyclic) bond motifs is 1. The Morgan fingerprint density at radius 3 is 2.61 bits per heavy atom. The van der Waals surface area contributed by atoms with E-state index in [1.165, 1.54) is 0 Å². The van der Waals surface area contributed by atoms with Crippen LogP contribution in [0.3, 0.4) is 0 Å². The summed E-state index contributed by atoms with van der Waals surface area (Å²) in [4.78, 5) is 15.7. The Bertz CT molecular complexity index is 718. The van der Waals surface area contributed by atoms with E-state index in [1.807, 2.05) is 30.3 Å². The fourth-order valence-corrected chi connectivity index (χ4v) is 1.92. The first-order valence-corrected chi connectivity index (χ1v) is 5.46. The number of benzene rings is 1. The molecule has 1 amide bonds. The topological polar surface area (TPSA) is 73.3 Å². The van der Waals surface area contributed by atoms with Crippen molar-refractivity contribution in [3.8, 4) is 11.3 Å². The maximum absolute atomic E-state index is 11.5. The Morgan fingerprint density at radius 1 is 1.11 bits per heavy atom. The highest BCUT2D eigenvalue weighted by Gasteiger charge is 2.18. The van der Waals surface area contributed by atoms with Gasteiger partial charge in [-0.15, -0.1) is 0 Å². The van der Waals surface area contributed by atoms with E-state index in [2.05, 4.69) is 10.1 Å². The van der Waals surface area contributed by atoms with Crippen molar-refractivity contribution in [3.05, 3.63) is 54.4 Å². The van der Waals surface area contributed by atoms with Gasteiger partial charge in [0.2, 0.25) is 0 Å². The lowest BCUT2D eigenvalue weighted by Gasteiger charge is -2.01. The molecule has 2 N–H and O–H groups in total. The molecule has 0 fully saturated rings. The average molecular weight is 238 g/mol. The molecule has 18 heavy (non-hydrogen) atoms. The zero-order valence-electron chi connectivity index (χ0n) is 9.45.